The second-order valence-electron chi connectivity index (χ2n) is 6.19. The van der Waals surface area contributed by atoms with Crippen molar-refractivity contribution in [1.82, 2.24) is 5.32 Å². The molecule has 102 valence electrons. The highest BCUT2D eigenvalue weighted by molar-refractivity contribution is 4.78. The highest BCUT2D eigenvalue weighted by Gasteiger charge is 2.26. The van der Waals surface area contributed by atoms with E-state index in [1.54, 1.807) is 0 Å². The molecule has 2 nitrogen and oxygen atoms in total. The summed E-state index contributed by atoms with van der Waals surface area (Å²) in [6.07, 6.45) is 9.42. The van der Waals surface area contributed by atoms with Crippen molar-refractivity contribution in [3.8, 4) is 0 Å². The van der Waals surface area contributed by atoms with Crippen LogP contribution < -0.4 is 5.32 Å². The van der Waals surface area contributed by atoms with E-state index in [0.29, 0.717) is 11.5 Å². The Hall–Kier alpha value is -0.0800. The third-order valence-corrected chi connectivity index (χ3v) is 3.81. The monoisotopic (exact) mass is 241 g/mol. The van der Waals surface area contributed by atoms with Gasteiger partial charge in [0.15, 0.2) is 0 Å². The predicted octanol–water partition coefficient (Wildman–Crippen LogP) is 3.75. The van der Waals surface area contributed by atoms with Crippen molar-refractivity contribution in [2.45, 2.75) is 71.8 Å². The van der Waals surface area contributed by atoms with E-state index in [1.807, 2.05) is 0 Å². The molecule has 1 rings (SSSR count). The normalized spacial score (nSPS) is 20.6. The Balaban J connectivity index is 1.90. The van der Waals surface area contributed by atoms with E-state index in [4.69, 9.17) is 4.74 Å². The lowest BCUT2D eigenvalue weighted by molar-refractivity contribution is 0.00293. The molecule has 0 spiro atoms. The first-order valence-electron chi connectivity index (χ1n) is 7.46. The Morgan fingerprint density at radius 2 is 1.82 bits per heavy atom. The molecule has 1 saturated carbocycles. The van der Waals surface area contributed by atoms with E-state index in [0.717, 1.165) is 19.7 Å². The zero-order valence-corrected chi connectivity index (χ0v) is 12.1. The molecule has 0 aromatic heterocycles. The molecule has 0 amide bonds. The topological polar surface area (TPSA) is 21.3 Å². The standard InChI is InChI=1S/C15H31NO/c1-4-11-16-12-5-6-13-17-14-7-9-15(2,3)10-8-14/h14,16H,4-13H2,1-3H3. The molecule has 0 aliphatic heterocycles. The summed E-state index contributed by atoms with van der Waals surface area (Å²) in [5.74, 6) is 0. The molecule has 0 bridgehead atoms. The summed E-state index contributed by atoms with van der Waals surface area (Å²) in [6, 6.07) is 0. The Labute approximate surface area is 108 Å². The van der Waals surface area contributed by atoms with Crippen molar-refractivity contribution in [3.05, 3.63) is 0 Å². The second kappa shape index (κ2) is 8.10. The number of unbranched alkanes of at least 4 members (excludes halogenated alkanes) is 1. The minimum Gasteiger partial charge on any atom is -0.378 e. The van der Waals surface area contributed by atoms with Gasteiger partial charge in [0.25, 0.3) is 0 Å². The summed E-state index contributed by atoms with van der Waals surface area (Å²) in [5.41, 5.74) is 0.559. The maximum Gasteiger partial charge on any atom is 0.0575 e. The molecule has 1 fully saturated rings. The van der Waals surface area contributed by atoms with Crippen LogP contribution in [0.4, 0.5) is 0 Å². The van der Waals surface area contributed by atoms with Gasteiger partial charge in [-0.25, -0.2) is 0 Å². The van der Waals surface area contributed by atoms with Crippen molar-refractivity contribution in [2.24, 2.45) is 5.41 Å². The number of hydrogen-bond donors (Lipinski definition) is 1. The largest absolute Gasteiger partial charge is 0.378 e. The van der Waals surface area contributed by atoms with Gasteiger partial charge in [0, 0.05) is 6.61 Å². The van der Waals surface area contributed by atoms with Crippen LogP contribution in [0, 0.1) is 5.41 Å². The molecule has 0 atom stereocenters. The molecular formula is C15H31NO. The van der Waals surface area contributed by atoms with Crippen LogP contribution in [0.2, 0.25) is 0 Å². The van der Waals surface area contributed by atoms with Gasteiger partial charge < -0.3 is 10.1 Å². The first kappa shape index (κ1) is 15.0. The van der Waals surface area contributed by atoms with Gasteiger partial charge in [-0.15, -0.1) is 0 Å². The van der Waals surface area contributed by atoms with Crippen LogP contribution in [-0.2, 0) is 4.74 Å². The first-order valence-corrected chi connectivity index (χ1v) is 7.46. The fourth-order valence-electron chi connectivity index (χ4n) is 2.44. The first-order chi connectivity index (χ1) is 8.14. The summed E-state index contributed by atoms with van der Waals surface area (Å²) in [4.78, 5) is 0. The molecule has 0 saturated heterocycles. The van der Waals surface area contributed by atoms with E-state index < -0.39 is 0 Å². The summed E-state index contributed by atoms with van der Waals surface area (Å²) in [7, 11) is 0. The molecule has 2 heteroatoms. The van der Waals surface area contributed by atoms with Crippen molar-refractivity contribution >= 4 is 0 Å². The van der Waals surface area contributed by atoms with Gasteiger partial charge in [-0.2, -0.15) is 0 Å². The van der Waals surface area contributed by atoms with Crippen molar-refractivity contribution in [2.75, 3.05) is 19.7 Å². The maximum absolute atomic E-state index is 5.96. The van der Waals surface area contributed by atoms with Gasteiger partial charge in [-0.05, 0) is 63.5 Å². The number of nitrogens with one attached hydrogen (secondary N) is 1. The van der Waals surface area contributed by atoms with Crippen LogP contribution >= 0.6 is 0 Å². The fourth-order valence-corrected chi connectivity index (χ4v) is 2.44. The Morgan fingerprint density at radius 3 is 2.47 bits per heavy atom. The van der Waals surface area contributed by atoms with Crippen LogP contribution in [0.1, 0.15) is 65.7 Å². The summed E-state index contributed by atoms with van der Waals surface area (Å²) >= 11 is 0. The molecular weight excluding hydrogens is 210 g/mol. The molecule has 0 radical (unpaired) electrons. The summed E-state index contributed by atoms with van der Waals surface area (Å²) < 4.78 is 5.96. The van der Waals surface area contributed by atoms with Gasteiger partial charge in [-0.3, -0.25) is 0 Å². The highest BCUT2D eigenvalue weighted by Crippen LogP contribution is 2.36. The molecule has 0 aromatic carbocycles. The average molecular weight is 241 g/mol. The molecule has 1 N–H and O–H groups in total. The van der Waals surface area contributed by atoms with Crippen LogP contribution in [-0.4, -0.2) is 25.8 Å². The fraction of sp³-hybridized carbons (Fsp3) is 1.00. The van der Waals surface area contributed by atoms with Gasteiger partial charge in [0.2, 0.25) is 0 Å². The number of rotatable bonds is 8. The third kappa shape index (κ3) is 7.05. The van der Waals surface area contributed by atoms with Crippen LogP contribution in [0.5, 0.6) is 0 Å². The predicted molar refractivity (Wildman–Crippen MR) is 74.4 cm³/mol. The van der Waals surface area contributed by atoms with Gasteiger partial charge in [0.1, 0.15) is 0 Å². The van der Waals surface area contributed by atoms with Crippen molar-refractivity contribution in [3.63, 3.8) is 0 Å². The molecule has 0 heterocycles. The molecule has 0 unspecified atom stereocenters. The Morgan fingerprint density at radius 1 is 1.12 bits per heavy atom. The molecule has 0 aromatic rings. The lowest BCUT2D eigenvalue weighted by Crippen LogP contribution is -2.26. The van der Waals surface area contributed by atoms with Gasteiger partial charge >= 0.3 is 0 Å². The zero-order valence-electron chi connectivity index (χ0n) is 12.1. The van der Waals surface area contributed by atoms with E-state index in [-0.39, 0.29) is 0 Å². The Bertz CT molecular complexity index is 181. The second-order valence-corrected chi connectivity index (χ2v) is 6.19. The quantitative estimate of drug-likeness (QED) is 0.653. The van der Waals surface area contributed by atoms with E-state index in [2.05, 4.69) is 26.1 Å². The lowest BCUT2D eigenvalue weighted by atomic mass is 9.76. The molecule has 1 aliphatic carbocycles. The van der Waals surface area contributed by atoms with Crippen LogP contribution in [0.3, 0.4) is 0 Å². The van der Waals surface area contributed by atoms with Crippen molar-refractivity contribution < 1.29 is 4.74 Å². The van der Waals surface area contributed by atoms with E-state index >= 15 is 0 Å². The third-order valence-electron chi connectivity index (χ3n) is 3.81. The lowest BCUT2D eigenvalue weighted by Gasteiger charge is -2.34. The number of ether oxygens (including phenoxy) is 1. The number of hydrogen-bond acceptors (Lipinski definition) is 2. The maximum atomic E-state index is 5.96. The summed E-state index contributed by atoms with van der Waals surface area (Å²) in [6.45, 7) is 10.2. The van der Waals surface area contributed by atoms with Crippen LogP contribution in [0.15, 0.2) is 0 Å². The molecule has 1 aliphatic rings. The SMILES string of the molecule is CCCNCCCCOC1CCC(C)(C)CC1. The van der Waals surface area contributed by atoms with Crippen molar-refractivity contribution in [1.29, 1.82) is 0 Å². The Kier molecular flexibility index (Phi) is 7.14. The zero-order chi connectivity index (χ0) is 12.6. The highest BCUT2D eigenvalue weighted by atomic mass is 16.5. The van der Waals surface area contributed by atoms with Crippen LogP contribution in [0.25, 0.3) is 0 Å². The van der Waals surface area contributed by atoms with E-state index in [1.165, 1.54) is 44.9 Å². The smallest absolute Gasteiger partial charge is 0.0575 e. The minimum absolute atomic E-state index is 0.548. The minimum atomic E-state index is 0.548. The van der Waals surface area contributed by atoms with E-state index in [9.17, 15) is 0 Å². The molecule has 17 heavy (non-hydrogen) atoms. The van der Waals surface area contributed by atoms with Gasteiger partial charge in [0.05, 0.1) is 6.10 Å². The van der Waals surface area contributed by atoms with Gasteiger partial charge in [-0.1, -0.05) is 20.8 Å². The average Bonchev–Trinajstić information content (AvgIpc) is 2.30. The summed E-state index contributed by atoms with van der Waals surface area (Å²) in [5, 5.41) is 3.43.